The van der Waals surface area contributed by atoms with Gasteiger partial charge >= 0.3 is 0 Å². The van der Waals surface area contributed by atoms with E-state index in [4.69, 9.17) is 9.84 Å². The monoisotopic (exact) mass is 232 g/mol. The highest BCUT2D eigenvalue weighted by Crippen LogP contribution is 2.17. The Morgan fingerprint density at radius 3 is 2.69 bits per heavy atom. The number of hydrogen-bond acceptors (Lipinski definition) is 4. The van der Waals surface area contributed by atoms with Gasteiger partial charge in [-0.15, -0.1) is 0 Å². The van der Waals surface area contributed by atoms with Gasteiger partial charge in [-0.3, -0.25) is 4.79 Å². The highest BCUT2D eigenvalue weighted by molar-refractivity contribution is 5.77. The predicted octanol–water partition coefficient (Wildman–Crippen LogP) is -0.253. The number of aliphatic hydroxyl groups excluding tert-OH is 1. The van der Waals surface area contributed by atoms with E-state index in [1.165, 1.54) is 0 Å². The minimum atomic E-state index is -0.0586. The summed E-state index contributed by atoms with van der Waals surface area (Å²) in [5.41, 5.74) is -0.0586. The van der Waals surface area contributed by atoms with Gasteiger partial charge in [0.1, 0.15) is 0 Å². The molecule has 0 saturated heterocycles. The Labute approximate surface area is 97.6 Å². The Balaban J connectivity index is 3.56. The van der Waals surface area contributed by atoms with E-state index in [9.17, 15) is 4.79 Å². The molecule has 0 spiro atoms. The van der Waals surface area contributed by atoms with Crippen LogP contribution in [-0.4, -0.2) is 51.0 Å². The van der Waals surface area contributed by atoms with Crippen molar-refractivity contribution in [1.82, 2.24) is 10.6 Å². The lowest BCUT2D eigenvalue weighted by molar-refractivity contribution is -0.120. The number of carbonyl (C=O) groups excluding carboxylic acids is 1. The van der Waals surface area contributed by atoms with Crippen molar-refractivity contribution in [3.05, 3.63) is 0 Å². The summed E-state index contributed by atoms with van der Waals surface area (Å²) >= 11 is 0. The average molecular weight is 232 g/mol. The number of ether oxygens (including phenoxy) is 1. The third kappa shape index (κ3) is 8.64. The van der Waals surface area contributed by atoms with E-state index in [0.29, 0.717) is 32.7 Å². The van der Waals surface area contributed by atoms with Crippen molar-refractivity contribution >= 4 is 5.91 Å². The maximum absolute atomic E-state index is 11.4. The van der Waals surface area contributed by atoms with Crippen LogP contribution in [0.15, 0.2) is 0 Å². The zero-order chi connectivity index (χ0) is 12.4. The Hall–Kier alpha value is -0.650. The molecule has 0 rings (SSSR count). The summed E-state index contributed by atoms with van der Waals surface area (Å²) in [6.07, 6.45) is 0.685. The summed E-state index contributed by atoms with van der Waals surface area (Å²) in [5, 5.41) is 14.6. The Morgan fingerprint density at radius 2 is 2.12 bits per heavy atom. The van der Waals surface area contributed by atoms with Crippen LogP contribution in [0.1, 0.15) is 20.3 Å². The van der Waals surface area contributed by atoms with Crippen LogP contribution in [0.25, 0.3) is 0 Å². The highest BCUT2D eigenvalue weighted by Gasteiger charge is 2.17. The van der Waals surface area contributed by atoms with Crippen LogP contribution in [0.5, 0.6) is 0 Å². The average Bonchev–Trinajstić information content (AvgIpc) is 2.22. The van der Waals surface area contributed by atoms with Gasteiger partial charge in [-0.2, -0.15) is 0 Å². The second-order valence-electron chi connectivity index (χ2n) is 4.58. The molecule has 0 bridgehead atoms. The predicted molar refractivity (Wildman–Crippen MR) is 63.2 cm³/mol. The molecule has 0 aromatic rings. The normalized spacial score (nSPS) is 11.5. The Bertz CT molecular complexity index is 196. The molecular weight excluding hydrogens is 208 g/mol. The first-order chi connectivity index (χ1) is 7.52. The van der Waals surface area contributed by atoms with Gasteiger partial charge in [0.05, 0.1) is 13.2 Å². The lowest BCUT2D eigenvalue weighted by atomic mass is 9.90. The first-order valence-corrected chi connectivity index (χ1v) is 5.59. The summed E-state index contributed by atoms with van der Waals surface area (Å²) in [7, 11) is 1.62. The van der Waals surface area contributed by atoms with Gasteiger partial charge in [0, 0.05) is 26.8 Å². The fourth-order valence-corrected chi connectivity index (χ4v) is 1.17. The first kappa shape index (κ1) is 15.3. The van der Waals surface area contributed by atoms with Crippen LogP contribution >= 0.6 is 0 Å². The first-order valence-electron chi connectivity index (χ1n) is 5.59. The van der Waals surface area contributed by atoms with Gasteiger partial charge in [-0.25, -0.2) is 0 Å². The van der Waals surface area contributed by atoms with Crippen molar-refractivity contribution in [1.29, 1.82) is 0 Å². The molecule has 0 aliphatic heterocycles. The third-order valence-electron chi connectivity index (χ3n) is 2.32. The zero-order valence-electron chi connectivity index (χ0n) is 10.5. The molecule has 0 radical (unpaired) electrons. The number of methoxy groups -OCH3 is 1. The number of hydrogen-bond donors (Lipinski definition) is 3. The van der Waals surface area contributed by atoms with Crippen molar-refractivity contribution in [3.8, 4) is 0 Å². The minimum Gasteiger partial charge on any atom is -0.396 e. The number of amides is 1. The summed E-state index contributed by atoms with van der Waals surface area (Å²) in [5.74, 6) is -0.0258. The molecule has 0 heterocycles. The minimum absolute atomic E-state index is 0.0258. The Morgan fingerprint density at radius 1 is 1.44 bits per heavy atom. The molecule has 0 aromatic carbocycles. The van der Waals surface area contributed by atoms with Gasteiger partial charge in [0.2, 0.25) is 5.91 Å². The summed E-state index contributed by atoms with van der Waals surface area (Å²) in [6.45, 7) is 6.34. The molecule has 0 atom stereocenters. The third-order valence-corrected chi connectivity index (χ3v) is 2.32. The quantitative estimate of drug-likeness (QED) is 0.479. The van der Waals surface area contributed by atoms with E-state index < -0.39 is 0 Å². The number of aliphatic hydroxyl groups is 1. The second kappa shape index (κ2) is 8.50. The smallest absolute Gasteiger partial charge is 0.233 e. The van der Waals surface area contributed by atoms with E-state index in [2.05, 4.69) is 10.6 Å². The van der Waals surface area contributed by atoms with E-state index >= 15 is 0 Å². The SMILES string of the molecule is COCCNCC(=O)NCC(C)(C)CCO. The van der Waals surface area contributed by atoms with Gasteiger partial charge in [-0.1, -0.05) is 13.8 Å². The van der Waals surface area contributed by atoms with E-state index in [-0.39, 0.29) is 17.9 Å². The van der Waals surface area contributed by atoms with Crippen LogP contribution < -0.4 is 10.6 Å². The van der Waals surface area contributed by atoms with Crippen molar-refractivity contribution < 1.29 is 14.6 Å². The Kier molecular flexibility index (Phi) is 8.15. The topological polar surface area (TPSA) is 70.6 Å². The van der Waals surface area contributed by atoms with Crippen molar-refractivity contribution in [2.75, 3.05) is 40.0 Å². The second-order valence-corrected chi connectivity index (χ2v) is 4.58. The van der Waals surface area contributed by atoms with E-state index in [1.54, 1.807) is 7.11 Å². The fraction of sp³-hybridized carbons (Fsp3) is 0.909. The molecule has 0 fully saturated rings. The molecule has 0 unspecified atom stereocenters. The molecule has 16 heavy (non-hydrogen) atoms. The van der Waals surface area contributed by atoms with Crippen LogP contribution in [-0.2, 0) is 9.53 Å². The van der Waals surface area contributed by atoms with Crippen molar-refractivity contribution in [3.63, 3.8) is 0 Å². The van der Waals surface area contributed by atoms with Crippen molar-refractivity contribution in [2.45, 2.75) is 20.3 Å². The molecule has 0 aliphatic rings. The van der Waals surface area contributed by atoms with Crippen LogP contribution in [0, 0.1) is 5.41 Å². The maximum atomic E-state index is 11.4. The lowest BCUT2D eigenvalue weighted by Gasteiger charge is -2.23. The largest absolute Gasteiger partial charge is 0.396 e. The number of nitrogens with one attached hydrogen (secondary N) is 2. The van der Waals surface area contributed by atoms with E-state index in [1.807, 2.05) is 13.8 Å². The molecule has 0 aliphatic carbocycles. The molecule has 0 aromatic heterocycles. The molecular formula is C11H24N2O3. The van der Waals surface area contributed by atoms with Gasteiger partial charge < -0.3 is 20.5 Å². The maximum Gasteiger partial charge on any atom is 0.233 e. The molecule has 3 N–H and O–H groups in total. The fourth-order valence-electron chi connectivity index (χ4n) is 1.17. The van der Waals surface area contributed by atoms with Crippen LogP contribution in [0.2, 0.25) is 0 Å². The lowest BCUT2D eigenvalue weighted by Crippen LogP contribution is -2.40. The van der Waals surface area contributed by atoms with Crippen LogP contribution in [0.4, 0.5) is 0 Å². The van der Waals surface area contributed by atoms with E-state index in [0.717, 1.165) is 0 Å². The number of rotatable bonds is 9. The summed E-state index contributed by atoms with van der Waals surface area (Å²) in [6, 6.07) is 0. The van der Waals surface area contributed by atoms with Crippen molar-refractivity contribution in [2.24, 2.45) is 5.41 Å². The molecule has 0 saturated carbocycles. The summed E-state index contributed by atoms with van der Waals surface area (Å²) in [4.78, 5) is 11.4. The highest BCUT2D eigenvalue weighted by atomic mass is 16.5. The standard InChI is InChI=1S/C11H24N2O3/c1-11(2,4-6-14)9-13-10(15)8-12-5-7-16-3/h12,14H,4-9H2,1-3H3,(H,13,15). The zero-order valence-corrected chi connectivity index (χ0v) is 10.5. The van der Waals surface area contributed by atoms with Crippen LogP contribution in [0.3, 0.4) is 0 Å². The number of carbonyl (C=O) groups is 1. The summed E-state index contributed by atoms with van der Waals surface area (Å²) < 4.78 is 4.85. The van der Waals surface area contributed by atoms with Gasteiger partial charge in [0.15, 0.2) is 0 Å². The molecule has 96 valence electrons. The van der Waals surface area contributed by atoms with Gasteiger partial charge in [0.25, 0.3) is 0 Å². The van der Waals surface area contributed by atoms with Gasteiger partial charge in [-0.05, 0) is 11.8 Å². The molecule has 5 nitrogen and oxygen atoms in total. The molecule has 1 amide bonds. The molecule has 5 heteroatoms.